The summed E-state index contributed by atoms with van der Waals surface area (Å²) >= 11 is 0. The van der Waals surface area contributed by atoms with Crippen molar-refractivity contribution in [3.05, 3.63) is 60.2 Å². The van der Waals surface area contributed by atoms with Gasteiger partial charge in [-0.3, -0.25) is 4.90 Å². The Hall–Kier alpha value is -2.41. The van der Waals surface area contributed by atoms with Crippen molar-refractivity contribution in [1.82, 2.24) is 14.9 Å². The van der Waals surface area contributed by atoms with Crippen molar-refractivity contribution in [3.8, 4) is 0 Å². The van der Waals surface area contributed by atoms with E-state index >= 15 is 0 Å². The number of morpholine rings is 1. The standard InChI is InChI=1S/C23H27N5O.ClH/c1-2-6-19(7-3-1)18-26-10-12-28(13-11-26)23-24-21-9-5-4-8-20(21)22(25-23)27-14-16-29-17-15-27;/h1-9H,10-18H2;1H. The number of piperazine rings is 1. The minimum absolute atomic E-state index is 0. The third-order valence-corrected chi connectivity index (χ3v) is 5.79. The zero-order chi connectivity index (χ0) is 19.5. The molecule has 2 saturated heterocycles. The number of aromatic nitrogens is 2. The largest absolute Gasteiger partial charge is 0.378 e. The van der Waals surface area contributed by atoms with Gasteiger partial charge in [-0.05, 0) is 17.7 Å². The van der Waals surface area contributed by atoms with Crippen LogP contribution in [0.15, 0.2) is 54.6 Å². The Bertz CT molecular complexity index is 956. The quantitative estimate of drug-likeness (QED) is 0.639. The minimum Gasteiger partial charge on any atom is -0.378 e. The van der Waals surface area contributed by atoms with E-state index in [-0.39, 0.29) is 12.4 Å². The lowest BCUT2D eigenvalue weighted by Crippen LogP contribution is -2.46. The molecule has 0 atom stereocenters. The SMILES string of the molecule is Cl.c1ccc(CN2CCN(c3nc(N4CCOCC4)c4ccccc4n3)CC2)cc1. The van der Waals surface area contributed by atoms with Crippen LogP contribution in [0.3, 0.4) is 0 Å². The van der Waals surface area contributed by atoms with Crippen molar-refractivity contribution in [2.75, 3.05) is 62.3 Å². The van der Waals surface area contributed by atoms with Crippen LogP contribution in [0.1, 0.15) is 5.56 Å². The average molecular weight is 426 g/mol. The molecular formula is C23H28ClN5O. The molecule has 3 aromatic rings. The van der Waals surface area contributed by atoms with Crippen LogP contribution < -0.4 is 9.80 Å². The number of para-hydroxylation sites is 1. The Labute approximate surface area is 183 Å². The molecule has 0 unspecified atom stereocenters. The molecule has 2 fully saturated rings. The molecule has 0 aliphatic carbocycles. The Morgan fingerprint density at radius 2 is 1.43 bits per heavy atom. The summed E-state index contributed by atoms with van der Waals surface area (Å²) in [4.78, 5) is 17.1. The Balaban J connectivity index is 0.00000218. The van der Waals surface area contributed by atoms with E-state index in [4.69, 9.17) is 14.7 Å². The summed E-state index contributed by atoms with van der Waals surface area (Å²) < 4.78 is 5.54. The predicted molar refractivity (Wildman–Crippen MR) is 124 cm³/mol. The molecule has 6 nitrogen and oxygen atoms in total. The predicted octanol–water partition coefficient (Wildman–Crippen LogP) is 3.21. The summed E-state index contributed by atoms with van der Waals surface area (Å²) in [5, 5.41) is 1.13. The molecule has 5 rings (SSSR count). The Morgan fingerprint density at radius 1 is 0.733 bits per heavy atom. The van der Waals surface area contributed by atoms with E-state index in [2.05, 4.69) is 69.3 Å². The Kier molecular flexibility index (Phi) is 6.67. The second kappa shape index (κ2) is 9.60. The molecule has 0 bridgehead atoms. The lowest BCUT2D eigenvalue weighted by atomic mass is 10.2. The van der Waals surface area contributed by atoms with Gasteiger partial charge in [0.05, 0.1) is 18.7 Å². The first kappa shape index (κ1) is 20.8. The summed E-state index contributed by atoms with van der Waals surface area (Å²) in [7, 11) is 0. The summed E-state index contributed by atoms with van der Waals surface area (Å²) in [5.41, 5.74) is 2.39. The first-order valence-corrected chi connectivity index (χ1v) is 10.5. The van der Waals surface area contributed by atoms with Gasteiger partial charge in [0.25, 0.3) is 0 Å². The van der Waals surface area contributed by atoms with E-state index in [0.717, 1.165) is 81.7 Å². The van der Waals surface area contributed by atoms with Gasteiger partial charge in [0.15, 0.2) is 0 Å². The molecule has 0 N–H and O–H groups in total. The topological polar surface area (TPSA) is 44.7 Å². The Morgan fingerprint density at radius 3 is 2.20 bits per heavy atom. The second-order valence-corrected chi connectivity index (χ2v) is 7.71. The molecule has 30 heavy (non-hydrogen) atoms. The van der Waals surface area contributed by atoms with Gasteiger partial charge in [-0.1, -0.05) is 42.5 Å². The lowest BCUT2D eigenvalue weighted by molar-refractivity contribution is 0.122. The van der Waals surface area contributed by atoms with E-state index in [1.807, 2.05) is 0 Å². The van der Waals surface area contributed by atoms with Gasteiger partial charge < -0.3 is 14.5 Å². The highest BCUT2D eigenvalue weighted by Crippen LogP contribution is 2.27. The van der Waals surface area contributed by atoms with Crippen LogP contribution in [-0.2, 0) is 11.3 Å². The lowest BCUT2D eigenvalue weighted by Gasteiger charge is -2.35. The number of nitrogens with zero attached hydrogens (tertiary/aromatic N) is 5. The molecule has 2 aliphatic rings. The minimum atomic E-state index is 0. The highest BCUT2D eigenvalue weighted by Gasteiger charge is 2.22. The number of fused-ring (bicyclic) bond motifs is 1. The van der Waals surface area contributed by atoms with Gasteiger partial charge in [-0.15, -0.1) is 12.4 Å². The van der Waals surface area contributed by atoms with E-state index < -0.39 is 0 Å². The molecule has 3 heterocycles. The zero-order valence-electron chi connectivity index (χ0n) is 17.1. The maximum atomic E-state index is 5.54. The monoisotopic (exact) mass is 425 g/mol. The number of halogens is 1. The number of benzene rings is 2. The third kappa shape index (κ3) is 4.51. The number of anilines is 2. The fourth-order valence-electron chi connectivity index (χ4n) is 4.15. The molecule has 7 heteroatoms. The van der Waals surface area contributed by atoms with Crippen LogP contribution in [0.2, 0.25) is 0 Å². The van der Waals surface area contributed by atoms with Crippen LogP contribution >= 0.6 is 12.4 Å². The summed E-state index contributed by atoms with van der Waals surface area (Å²) in [6.45, 7) is 8.23. The molecule has 0 radical (unpaired) electrons. The average Bonchev–Trinajstić information content (AvgIpc) is 2.80. The number of ether oxygens (including phenoxy) is 1. The molecular weight excluding hydrogens is 398 g/mol. The molecule has 158 valence electrons. The highest BCUT2D eigenvalue weighted by atomic mass is 35.5. The van der Waals surface area contributed by atoms with E-state index in [9.17, 15) is 0 Å². The number of hydrogen-bond acceptors (Lipinski definition) is 6. The first-order valence-electron chi connectivity index (χ1n) is 10.5. The van der Waals surface area contributed by atoms with Crippen molar-refractivity contribution in [2.24, 2.45) is 0 Å². The van der Waals surface area contributed by atoms with Gasteiger partial charge >= 0.3 is 0 Å². The van der Waals surface area contributed by atoms with E-state index in [1.165, 1.54) is 5.56 Å². The summed E-state index contributed by atoms with van der Waals surface area (Å²) in [6.07, 6.45) is 0. The van der Waals surface area contributed by atoms with E-state index in [1.54, 1.807) is 0 Å². The molecule has 1 aromatic heterocycles. The van der Waals surface area contributed by atoms with Gasteiger partial charge in [-0.2, -0.15) is 4.98 Å². The second-order valence-electron chi connectivity index (χ2n) is 7.71. The highest BCUT2D eigenvalue weighted by molar-refractivity contribution is 5.90. The van der Waals surface area contributed by atoms with Crippen molar-refractivity contribution >= 4 is 35.1 Å². The van der Waals surface area contributed by atoms with Crippen LogP contribution in [0.4, 0.5) is 11.8 Å². The first-order chi connectivity index (χ1) is 14.4. The van der Waals surface area contributed by atoms with Crippen LogP contribution in [-0.4, -0.2) is 67.4 Å². The van der Waals surface area contributed by atoms with Gasteiger partial charge in [0.2, 0.25) is 5.95 Å². The number of rotatable bonds is 4. The van der Waals surface area contributed by atoms with Gasteiger partial charge in [0, 0.05) is 51.2 Å². The maximum absolute atomic E-state index is 5.54. The van der Waals surface area contributed by atoms with Crippen molar-refractivity contribution < 1.29 is 4.74 Å². The van der Waals surface area contributed by atoms with Gasteiger partial charge in [0.1, 0.15) is 5.82 Å². The van der Waals surface area contributed by atoms with Crippen LogP contribution in [0.25, 0.3) is 10.9 Å². The van der Waals surface area contributed by atoms with Gasteiger partial charge in [-0.25, -0.2) is 4.98 Å². The van der Waals surface area contributed by atoms with Crippen molar-refractivity contribution in [1.29, 1.82) is 0 Å². The fourth-order valence-corrected chi connectivity index (χ4v) is 4.15. The van der Waals surface area contributed by atoms with E-state index in [0.29, 0.717) is 0 Å². The summed E-state index contributed by atoms with van der Waals surface area (Å²) in [5.74, 6) is 1.89. The smallest absolute Gasteiger partial charge is 0.227 e. The zero-order valence-corrected chi connectivity index (χ0v) is 17.9. The summed E-state index contributed by atoms with van der Waals surface area (Å²) in [6, 6.07) is 19.0. The molecule has 0 amide bonds. The molecule has 0 spiro atoms. The molecule has 2 aliphatic heterocycles. The van der Waals surface area contributed by atoms with Crippen molar-refractivity contribution in [3.63, 3.8) is 0 Å². The van der Waals surface area contributed by atoms with Crippen molar-refractivity contribution in [2.45, 2.75) is 6.54 Å². The molecule has 0 saturated carbocycles. The third-order valence-electron chi connectivity index (χ3n) is 5.79. The molecule has 2 aromatic carbocycles. The normalized spacial score (nSPS) is 17.7. The fraction of sp³-hybridized carbons (Fsp3) is 0.391. The van der Waals surface area contributed by atoms with Crippen LogP contribution in [0.5, 0.6) is 0 Å². The van der Waals surface area contributed by atoms with Crippen LogP contribution in [0, 0.1) is 0 Å². The number of hydrogen-bond donors (Lipinski definition) is 0. The maximum Gasteiger partial charge on any atom is 0.227 e.